The van der Waals surface area contributed by atoms with Gasteiger partial charge in [0.05, 0.1) is 35.1 Å². The van der Waals surface area contributed by atoms with Crippen LogP contribution in [-0.2, 0) is 17.8 Å². The first-order chi connectivity index (χ1) is 13.7. The Hall–Kier alpha value is -3.55. The molecule has 0 radical (unpaired) electrons. The Balaban J connectivity index is 1.45. The summed E-state index contributed by atoms with van der Waals surface area (Å²) in [5.41, 5.74) is 4.00. The van der Waals surface area contributed by atoms with Crippen LogP contribution in [0.5, 0.6) is 0 Å². The number of pyridine rings is 1. The van der Waals surface area contributed by atoms with Crippen molar-refractivity contribution in [1.82, 2.24) is 24.3 Å². The molecule has 4 heterocycles. The summed E-state index contributed by atoms with van der Waals surface area (Å²) in [5.74, 6) is -0.314. The highest BCUT2D eigenvalue weighted by atomic mass is 19.1. The molecule has 0 aliphatic carbocycles. The van der Waals surface area contributed by atoms with Crippen molar-refractivity contribution in [3.05, 3.63) is 66.6 Å². The summed E-state index contributed by atoms with van der Waals surface area (Å²) in [6, 6.07) is 9.93. The molecule has 0 atom stereocenters. The van der Waals surface area contributed by atoms with Crippen molar-refractivity contribution in [1.29, 1.82) is 0 Å². The lowest BCUT2D eigenvalue weighted by Gasteiger charge is -2.27. The minimum atomic E-state index is -0.288. The summed E-state index contributed by atoms with van der Waals surface area (Å²) < 4.78 is 16.8. The Kier molecular flexibility index (Phi) is 3.89. The van der Waals surface area contributed by atoms with E-state index in [9.17, 15) is 9.18 Å². The smallest absolute Gasteiger partial charge is 0.247 e. The number of anilines is 1. The molecule has 1 amide bonds. The fourth-order valence-electron chi connectivity index (χ4n) is 3.67. The van der Waals surface area contributed by atoms with Gasteiger partial charge >= 0.3 is 0 Å². The maximum Gasteiger partial charge on any atom is 0.247 e. The zero-order chi connectivity index (χ0) is 19.1. The molecule has 0 bridgehead atoms. The first-order valence-electron chi connectivity index (χ1n) is 9.10. The summed E-state index contributed by atoms with van der Waals surface area (Å²) in [7, 11) is 0. The fraction of sp³-hybridized carbons (Fsp3) is 0.200. The van der Waals surface area contributed by atoms with E-state index in [0.29, 0.717) is 12.2 Å². The van der Waals surface area contributed by atoms with E-state index in [4.69, 9.17) is 0 Å². The lowest BCUT2D eigenvalue weighted by atomic mass is 10.1. The van der Waals surface area contributed by atoms with E-state index in [1.807, 2.05) is 16.7 Å². The third-order valence-electron chi connectivity index (χ3n) is 5.01. The summed E-state index contributed by atoms with van der Waals surface area (Å²) >= 11 is 0. The Morgan fingerprint density at radius 3 is 2.86 bits per heavy atom. The van der Waals surface area contributed by atoms with Crippen LogP contribution in [0.4, 0.5) is 10.1 Å². The highest BCUT2D eigenvalue weighted by Gasteiger charge is 2.27. The number of imidazole rings is 1. The Bertz CT molecular complexity index is 1160. The van der Waals surface area contributed by atoms with Crippen LogP contribution in [0, 0.1) is 5.82 Å². The van der Waals surface area contributed by atoms with Crippen LogP contribution in [0.25, 0.3) is 16.9 Å². The number of benzene rings is 1. The zero-order valence-corrected chi connectivity index (χ0v) is 15.0. The van der Waals surface area contributed by atoms with Gasteiger partial charge in [-0.25, -0.2) is 19.0 Å². The van der Waals surface area contributed by atoms with E-state index in [-0.39, 0.29) is 18.3 Å². The van der Waals surface area contributed by atoms with Gasteiger partial charge in [-0.2, -0.15) is 5.10 Å². The van der Waals surface area contributed by atoms with E-state index >= 15 is 0 Å². The highest BCUT2D eigenvalue weighted by Crippen LogP contribution is 2.29. The zero-order valence-electron chi connectivity index (χ0n) is 15.0. The lowest BCUT2D eigenvalue weighted by molar-refractivity contribution is -0.119. The molecule has 0 saturated heterocycles. The second-order valence-corrected chi connectivity index (χ2v) is 6.73. The topological polar surface area (TPSA) is 68.8 Å². The molecule has 1 aromatic carbocycles. The molecule has 3 aromatic heterocycles. The van der Waals surface area contributed by atoms with Crippen molar-refractivity contribution in [2.24, 2.45) is 0 Å². The van der Waals surface area contributed by atoms with Gasteiger partial charge in [-0.3, -0.25) is 4.79 Å². The Labute approximate surface area is 160 Å². The molecule has 28 heavy (non-hydrogen) atoms. The van der Waals surface area contributed by atoms with E-state index in [0.717, 1.165) is 35.4 Å². The molecular formula is C20H17FN6O. The molecule has 0 N–H and O–H groups in total. The van der Waals surface area contributed by atoms with Gasteiger partial charge in [-0.15, -0.1) is 0 Å². The third-order valence-corrected chi connectivity index (χ3v) is 5.01. The monoisotopic (exact) mass is 376 g/mol. The fourth-order valence-corrected chi connectivity index (χ4v) is 3.67. The van der Waals surface area contributed by atoms with Crippen molar-refractivity contribution in [2.45, 2.75) is 19.4 Å². The second kappa shape index (κ2) is 6.56. The summed E-state index contributed by atoms with van der Waals surface area (Å²) in [4.78, 5) is 23.3. The first-order valence-corrected chi connectivity index (χ1v) is 9.10. The quantitative estimate of drug-likeness (QED) is 0.551. The normalized spacial score (nSPS) is 13.7. The van der Waals surface area contributed by atoms with Gasteiger partial charge in [0.2, 0.25) is 5.91 Å². The molecule has 7 nitrogen and oxygen atoms in total. The SMILES string of the molecule is O=C(Cn1cnc2ncccc21)N1CCCc2c1cnn2-c1ccc(F)cc1. The maximum atomic E-state index is 13.2. The van der Waals surface area contributed by atoms with Gasteiger partial charge < -0.3 is 9.47 Å². The van der Waals surface area contributed by atoms with Crippen molar-refractivity contribution in [2.75, 3.05) is 11.4 Å². The number of halogens is 1. The average Bonchev–Trinajstić information content (AvgIpc) is 3.33. The van der Waals surface area contributed by atoms with E-state index < -0.39 is 0 Å². The van der Waals surface area contributed by atoms with E-state index in [1.54, 1.807) is 40.4 Å². The maximum absolute atomic E-state index is 13.2. The standard InChI is InChI=1S/C20H17FN6O/c21-14-5-7-15(8-6-14)27-16-4-2-10-26(18(16)11-24-27)19(28)12-25-13-23-20-17(25)3-1-9-22-20/h1,3,5-9,11,13H,2,4,10,12H2. The molecule has 0 unspecified atom stereocenters. The average molecular weight is 376 g/mol. The molecule has 0 spiro atoms. The molecule has 5 rings (SSSR count). The number of aromatic nitrogens is 5. The summed E-state index contributed by atoms with van der Waals surface area (Å²) in [5, 5.41) is 4.45. The minimum absolute atomic E-state index is 0.0252. The predicted octanol–water partition coefficient (Wildman–Crippen LogP) is 2.74. The second-order valence-electron chi connectivity index (χ2n) is 6.73. The number of rotatable bonds is 3. The van der Waals surface area contributed by atoms with Crippen molar-refractivity contribution >= 4 is 22.8 Å². The molecular weight excluding hydrogens is 359 g/mol. The van der Waals surface area contributed by atoms with Crippen LogP contribution in [-0.4, -0.2) is 36.8 Å². The van der Waals surface area contributed by atoms with Crippen LogP contribution >= 0.6 is 0 Å². The van der Waals surface area contributed by atoms with Gasteiger partial charge in [0.25, 0.3) is 0 Å². The molecule has 140 valence electrons. The number of hydrogen-bond donors (Lipinski definition) is 0. The summed E-state index contributed by atoms with van der Waals surface area (Å²) in [6.45, 7) is 0.829. The Morgan fingerprint density at radius 2 is 2.00 bits per heavy atom. The summed E-state index contributed by atoms with van der Waals surface area (Å²) in [6.07, 6.45) is 6.69. The van der Waals surface area contributed by atoms with Crippen LogP contribution in [0.1, 0.15) is 12.1 Å². The lowest BCUT2D eigenvalue weighted by Crippen LogP contribution is -2.37. The van der Waals surface area contributed by atoms with Crippen LogP contribution in [0.15, 0.2) is 55.1 Å². The van der Waals surface area contributed by atoms with Gasteiger partial charge in [0.1, 0.15) is 12.4 Å². The largest absolute Gasteiger partial charge is 0.320 e. The van der Waals surface area contributed by atoms with Crippen LogP contribution in [0.2, 0.25) is 0 Å². The van der Waals surface area contributed by atoms with E-state index in [2.05, 4.69) is 15.1 Å². The number of hydrogen-bond acceptors (Lipinski definition) is 4. The number of carbonyl (C=O) groups excluding carboxylic acids is 1. The van der Waals surface area contributed by atoms with Crippen molar-refractivity contribution < 1.29 is 9.18 Å². The molecule has 1 aliphatic rings. The molecule has 0 fully saturated rings. The van der Waals surface area contributed by atoms with Crippen LogP contribution < -0.4 is 4.90 Å². The van der Waals surface area contributed by atoms with Crippen molar-refractivity contribution in [3.63, 3.8) is 0 Å². The number of nitrogens with zero attached hydrogens (tertiary/aromatic N) is 6. The predicted molar refractivity (Wildman–Crippen MR) is 102 cm³/mol. The number of fused-ring (bicyclic) bond motifs is 2. The van der Waals surface area contributed by atoms with Crippen molar-refractivity contribution in [3.8, 4) is 5.69 Å². The Morgan fingerprint density at radius 1 is 1.14 bits per heavy atom. The highest BCUT2D eigenvalue weighted by molar-refractivity contribution is 5.94. The third kappa shape index (κ3) is 2.74. The molecule has 0 saturated carbocycles. The molecule has 8 heteroatoms. The first kappa shape index (κ1) is 16.6. The van der Waals surface area contributed by atoms with Gasteiger partial charge in [-0.05, 0) is 49.2 Å². The van der Waals surface area contributed by atoms with Gasteiger partial charge in [-0.1, -0.05) is 0 Å². The van der Waals surface area contributed by atoms with Gasteiger partial charge in [0.15, 0.2) is 5.65 Å². The number of carbonyl (C=O) groups is 1. The van der Waals surface area contributed by atoms with Crippen LogP contribution in [0.3, 0.4) is 0 Å². The number of amides is 1. The molecule has 1 aliphatic heterocycles. The van der Waals surface area contributed by atoms with E-state index in [1.165, 1.54) is 12.1 Å². The minimum Gasteiger partial charge on any atom is -0.320 e. The molecule has 4 aromatic rings. The van der Waals surface area contributed by atoms with Gasteiger partial charge in [0, 0.05) is 12.7 Å².